The summed E-state index contributed by atoms with van der Waals surface area (Å²) >= 11 is 5.21. The Labute approximate surface area is 172 Å². The minimum absolute atomic E-state index is 0.206. The van der Waals surface area contributed by atoms with Crippen molar-refractivity contribution in [3.05, 3.63) is 58.3 Å². The van der Waals surface area contributed by atoms with E-state index in [0.717, 1.165) is 22.3 Å². The quantitative estimate of drug-likeness (QED) is 0.496. The maximum atomic E-state index is 13.1. The number of pyridine rings is 1. The molecule has 0 radical (unpaired) electrons. The highest BCUT2D eigenvalue weighted by Crippen LogP contribution is 2.26. The van der Waals surface area contributed by atoms with Crippen molar-refractivity contribution in [3.8, 4) is 11.3 Å². The van der Waals surface area contributed by atoms with Crippen molar-refractivity contribution in [2.45, 2.75) is 26.9 Å². The molecule has 0 aliphatic carbocycles. The molecule has 0 unspecified atom stereocenters. The van der Waals surface area contributed by atoms with Crippen LogP contribution >= 0.6 is 12.2 Å². The van der Waals surface area contributed by atoms with Gasteiger partial charge in [0.05, 0.1) is 28.9 Å². The topological polar surface area (TPSA) is 93.4 Å². The zero-order valence-corrected chi connectivity index (χ0v) is 17.2. The van der Waals surface area contributed by atoms with Gasteiger partial charge in [0, 0.05) is 19.2 Å². The van der Waals surface area contributed by atoms with Gasteiger partial charge in [-0.05, 0) is 32.1 Å². The molecule has 0 bridgehead atoms. The Morgan fingerprint density at radius 2 is 2.03 bits per heavy atom. The van der Waals surface area contributed by atoms with E-state index in [2.05, 4.69) is 20.6 Å². The number of aromatic nitrogens is 6. The fourth-order valence-corrected chi connectivity index (χ4v) is 3.73. The largest absolute Gasteiger partial charge is 0.345 e. The molecule has 0 saturated heterocycles. The van der Waals surface area contributed by atoms with E-state index in [4.69, 9.17) is 17.2 Å². The Bertz CT molecular complexity index is 1250. The van der Waals surface area contributed by atoms with Crippen molar-refractivity contribution in [1.82, 2.24) is 34.8 Å². The molecule has 0 saturated carbocycles. The van der Waals surface area contributed by atoms with Gasteiger partial charge in [0.25, 0.3) is 5.91 Å². The van der Waals surface area contributed by atoms with Gasteiger partial charge in [-0.2, -0.15) is 10.2 Å². The molecule has 0 atom stereocenters. The summed E-state index contributed by atoms with van der Waals surface area (Å²) in [5, 5.41) is 15.1. The predicted molar refractivity (Wildman–Crippen MR) is 113 cm³/mol. The number of H-pyrrole nitrogens is 1. The summed E-state index contributed by atoms with van der Waals surface area (Å²) < 4.78 is 4.09. The van der Waals surface area contributed by atoms with Crippen molar-refractivity contribution < 1.29 is 4.79 Å². The molecule has 29 heavy (non-hydrogen) atoms. The fraction of sp³-hybridized carbons (Fsp3) is 0.250. The van der Waals surface area contributed by atoms with E-state index < -0.39 is 0 Å². The van der Waals surface area contributed by atoms with E-state index in [9.17, 15) is 4.79 Å². The molecule has 3 heterocycles. The first-order valence-corrected chi connectivity index (χ1v) is 9.72. The number of carbonyl (C=O) groups excluding carboxylic acids is 1. The van der Waals surface area contributed by atoms with E-state index >= 15 is 0 Å². The molecule has 1 amide bonds. The third kappa shape index (κ3) is 3.44. The lowest BCUT2D eigenvalue weighted by atomic mass is 10.0. The van der Waals surface area contributed by atoms with Crippen LogP contribution in [0.1, 0.15) is 28.8 Å². The Morgan fingerprint density at radius 3 is 2.76 bits per heavy atom. The van der Waals surface area contributed by atoms with Gasteiger partial charge in [-0.25, -0.2) is 4.98 Å². The second kappa shape index (κ2) is 7.59. The van der Waals surface area contributed by atoms with E-state index in [1.165, 1.54) is 0 Å². The van der Waals surface area contributed by atoms with E-state index in [1.807, 2.05) is 61.9 Å². The monoisotopic (exact) mass is 407 g/mol. The van der Waals surface area contributed by atoms with E-state index in [-0.39, 0.29) is 12.5 Å². The summed E-state index contributed by atoms with van der Waals surface area (Å²) in [7, 11) is 1.83. The number of benzene rings is 1. The second-order valence-corrected chi connectivity index (χ2v) is 7.09. The van der Waals surface area contributed by atoms with Crippen LogP contribution in [0.25, 0.3) is 22.3 Å². The van der Waals surface area contributed by atoms with Crippen LogP contribution < -0.4 is 5.32 Å². The van der Waals surface area contributed by atoms with Crippen LogP contribution in [0.3, 0.4) is 0 Å². The van der Waals surface area contributed by atoms with Crippen molar-refractivity contribution in [3.63, 3.8) is 0 Å². The molecular weight excluding hydrogens is 386 g/mol. The van der Waals surface area contributed by atoms with Crippen LogP contribution in [0, 0.1) is 11.7 Å². The molecule has 9 heteroatoms. The molecule has 2 N–H and O–H groups in total. The molecule has 3 aromatic heterocycles. The van der Waals surface area contributed by atoms with Gasteiger partial charge in [0.1, 0.15) is 0 Å². The Morgan fingerprint density at radius 1 is 1.28 bits per heavy atom. The fourth-order valence-electron chi connectivity index (χ4n) is 3.45. The van der Waals surface area contributed by atoms with Gasteiger partial charge >= 0.3 is 0 Å². The first-order chi connectivity index (χ1) is 14.0. The number of nitrogens with zero attached hydrogens (tertiary/aromatic N) is 5. The molecule has 0 aliphatic rings. The zero-order valence-electron chi connectivity index (χ0n) is 16.4. The number of fused-ring (bicyclic) bond motifs is 1. The molecule has 0 spiro atoms. The first kappa shape index (κ1) is 19.0. The summed E-state index contributed by atoms with van der Waals surface area (Å²) in [6.07, 6.45) is 0. The third-order valence-electron chi connectivity index (χ3n) is 4.84. The average Bonchev–Trinajstić information content (AvgIpc) is 3.24. The number of rotatable bonds is 5. The van der Waals surface area contributed by atoms with Gasteiger partial charge in [0.2, 0.25) is 0 Å². The smallest absolute Gasteiger partial charge is 0.252 e. The summed E-state index contributed by atoms with van der Waals surface area (Å²) in [6, 6.07) is 11.6. The normalized spacial score (nSPS) is 11.1. The number of hydrogen-bond donors (Lipinski definition) is 2. The maximum absolute atomic E-state index is 13.1. The number of hydrogen-bond acceptors (Lipinski definition) is 5. The summed E-state index contributed by atoms with van der Waals surface area (Å²) in [5.41, 5.74) is 3.63. The number of nitrogens with one attached hydrogen (secondary N) is 2. The van der Waals surface area contributed by atoms with Crippen LogP contribution in [0.4, 0.5) is 0 Å². The average molecular weight is 408 g/mol. The van der Waals surface area contributed by atoms with Crippen LogP contribution in [-0.2, 0) is 20.1 Å². The molecule has 0 fully saturated rings. The molecule has 1 aromatic carbocycles. The minimum atomic E-state index is -0.206. The summed E-state index contributed by atoms with van der Waals surface area (Å²) in [4.78, 5) is 17.9. The molecule has 4 aromatic rings. The Balaban J connectivity index is 1.75. The zero-order chi connectivity index (χ0) is 20.5. The van der Waals surface area contributed by atoms with Gasteiger partial charge in [-0.1, -0.05) is 30.3 Å². The van der Waals surface area contributed by atoms with Crippen LogP contribution in [0.15, 0.2) is 36.4 Å². The maximum Gasteiger partial charge on any atom is 0.252 e. The molecule has 4 rings (SSSR count). The van der Waals surface area contributed by atoms with Crippen molar-refractivity contribution in [2.24, 2.45) is 7.05 Å². The SMILES string of the molecule is CCn1c(CNC(=O)c2cc(-c3ccccc3)nc3c2c(C)nn3C)n[nH]c1=S. The van der Waals surface area contributed by atoms with Crippen LogP contribution in [-0.4, -0.2) is 35.4 Å². The van der Waals surface area contributed by atoms with Crippen LogP contribution in [0.5, 0.6) is 0 Å². The lowest BCUT2D eigenvalue weighted by Crippen LogP contribution is -2.25. The molecule has 0 aliphatic heterocycles. The predicted octanol–water partition coefficient (Wildman–Crippen LogP) is 3.15. The number of aryl methyl sites for hydroxylation is 2. The standard InChI is InChI=1S/C20H21N7OS/c1-4-27-16(23-24-20(27)29)11-21-19(28)14-10-15(13-8-6-5-7-9-13)22-18-17(14)12(2)25-26(18)3/h5-10H,4,11H2,1-3H3,(H,21,28)(H,24,29). The second-order valence-electron chi connectivity index (χ2n) is 6.70. The number of aromatic amines is 1. The van der Waals surface area contributed by atoms with Gasteiger partial charge in [-0.15, -0.1) is 0 Å². The van der Waals surface area contributed by atoms with E-state index in [0.29, 0.717) is 28.4 Å². The lowest BCUT2D eigenvalue weighted by Gasteiger charge is -2.10. The lowest BCUT2D eigenvalue weighted by molar-refractivity contribution is 0.0951. The minimum Gasteiger partial charge on any atom is -0.345 e. The number of amides is 1. The molecule has 8 nitrogen and oxygen atoms in total. The third-order valence-corrected chi connectivity index (χ3v) is 5.16. The van der Waals surface area contributed by atoms with Crippen molar-refractivity contribution in [1.29, 1.82) is 0 Å². The summed E-state index contributed by atoms with van der Waals surface area (Å²) in [5.74, 6) is 0.476. The van der Waals surface area contributed by atoms with Gasteiger partial charge in [-0.3, -0.25) is 14.6 Å². The first-order valence-electron chi connectivity index (χ1n) is 9.31. The van der Waals surface area contributed by atoms with E-state index in [1.54, 1.807) is 4.68 Å². The van der Waals surface area contributed by atoms with Gasteiger partial charge < -0.3 is 9.88 Å². The Hall–Kier alpha value is -3.33. The number of carbonyl (C=O) groups is 1. The van der Waals surface area contributed by atoms with Crippen LogP contribution in [0.2, 0.25) is 0 Å². The highest BCUT2D eigenvalue weighted by molar-refractivity contribution is 7.71. The van der Waals surface area contributed by atoms with Gasteiger partial charge in [0.15, 0.2) is 16.2 Å². The molecular formula is C20H21N7OS. The Kier molecular flexibility index (Phi) is 4.98. The van der Waals surface area contributed by atoms with Crippen molar-refractivity contribution >= 4 is 29.2 Å². The highest BCUT2D eigenvalue weighted by atomic mass is 32.1. The summed E-state index contributed by atoms with van der Waals surface area (Å²) in [6.45, 7) is 4.81. The molecule has 148 valence electrons. The highest BCUT2D eigenvalue weighted by Gasteiger charge is 2.19. The van der Waals surface area contributed by atoms with Crippen molar-refractivity contribution in [2.75, 3.05) is 0 Å².